The third-order valence-electron chi connectivity index (χ3n) is 7.46. The minimum Gasteiger partial charge on any atom is -0.491 e. The van der Waals surface area contributed by atoms with Gasteiger partial charge in [-0.25, -0.2) is 4.79 Å². The molecule has 2 N–H and O–H groups in total. The van der Waals surface area contributed by atoms with Gasteiger partial charge in [-0.3, -0.25) is 4.79 Å². The molecule has 4 rings (SSSR count). The van der Waals surface area contributed by atoms with E-state index in [1.54, 1.807) is 0 Å². The molecule has 0 saturated heterocycles. The van der Waals surface area contributed by atoms with Crippen molar-refractivity contribution in [1.29, 1.82) is 0 Å². The highest BCUT2D eigenvalue weighted by atomic mass is 16.5. The Bertz CT molecular complexity index is 1690. The molecule has 6 nitrogen and oxygen atoms in total. The molecule has 0 aliphatic heterocycles. The molecule has 0 radical (unpaired) electrons. The Balaban J connectivity index is 1.53. The summed E-state index contributed by atoms with van der Waals surface area (Å²) in [6, 6.07) is 21.2. The maximum Gasteiger partial charge on any atom is 0.336 e. The van der Waals surface area contributed by atoms with E-state index in [1.165, 1.54) is 12.2 Å². The van der Waals surface area contributed by atoms with Crippen LogP contribution in [-0.4, -0.2) is 27.7 Å². The number of carboxylic acid groups (broad SMARTS) is 1. The maximum absolute atomic E-state index is 13.2. The normalized spacial score (nSPS) is 12.3. The topological polar surface area (TPSA) is 80.6 Å². The highest BCUT2D eigenvalue weighted by molar-refractivity contribution is 6.05. The molecule has 0 fully saturated rings. The van der Waals surface area contributed by atoms with Gasteiger partial charge in [0, 0.05) is 28.7 Å². The molecule has 3 aromatic carbocycles. The van der Waals surface area contributed by atoms with Crippen LogP contribution in [0.4, 0.5) is 0 Å². The molecule has 1 atom stereocenters. The number of allylic oxidation sites excluding steroid dienone is 2. The van der Waals surface area contributed by atoms with E-state index < -0.39 is 5.97 Å². The zero-order valence-electron chi connectivity index (χ0n) is 24.9. The number of benzene rings is 3. The fraction of sp³-hybridized carbons (Fsp3) is 0.222. The number of fused-ring (bicyclic) bond motifs is 1. The number of amides is 1. The van der Waals surface area contributed by atoms with Gasteiger partial charge in [0.05, 0.1) is 17.7 Å². The van der Waals surface area contributed by atoms with E-state index >= 15 is 0 Å². The average Bonchev–Trinajstić information content (AvgIpc) is 3.19. The molecule has 42 heavy (non-hydrogen) atoms. The summed E-state index contributed by atoms with van der Waals surface area (Å²) in [6.45, 7) is 18.3. The first-order valence-electron chi connectivity index (χ1n) is 14.0. The summed E-state index contributed by atoms with van der Waals surface area (Å²) in [4.78, 5) is 24.8. The molecule has 0 aliphatic carbocycles. The standard InChI is InChI=1S/C36H38N2O4/c1-8-10-32(36(40)41)24(5)28-15-13-27(14-16-28)21-38-26(7)23(4)33-20-30(17-18-34(33)38)35(39)37-25(6)29-11-9-12-31(19-29)42-22(2)3/h8-20,22,25H,1,5,21H2,2-4,6-7H3,(H,37,39)(H,40,41). The highest BCUT2D eigenvalue weighted by Crippen LogP contribution is 2.29. The number of hydrogen-bond donors (Lipinski definition) is 2. The summed E-state index contributed by atoms with van der Waals surface area (Å²) in [5, 5.41) is 13.6. The lowest BCUT2D eigenvalue weighted by Crippen LogP contribution is -2.26. The number of rotatable bonds is 11. The molecule has 4 aromatic rings. The number of aliphatic carboxylic acids is 1. The molecular formula is C36H38N2O4. The van der Waals surface area contributed by atoms with Gasteiger partial charge in [-0.05, 0) is 98.9 Å². The van der Waals surface area contributed by atoms with Gasteiger partial charge in [0.15, 0.2) is 0 Å². The summed E-state index contributed by atoms with van der Waals surface area (Å²) in [5.41, 5.74) is 7.22. The van der Waals surface area contributed by atoms with E-state index in [0.29, 0.717) is 17.7 Å². The Kier molecular flexibility index (Phi) is 9.16. The highest BCUT2D eigenvalue weighted by Gasteiger charge is 2.17. The molecule has 6 heteroatoms. The van der Waals surface area contributed by atoms with Crippen LogP contribution in [0.3, 0.4) is 0 Å². The van der Waals surface area contributed by atoms with Crippen molar-refractivity contribution in [1.82, 2.24) is 9.88 Å². The second-order valence-corrected chi connectivity index (χ2v) is 10.8. The van der Waals surface area contributed by atoms with E-state index in [1.807, 2.05) is 87.5 Å². The number of aromatic nitrogens is 1. The van der Waals surface area contributed by atoms with Crippen LogP contribution in [-0.2, 0) is 11.3 Å². The van der Waals surface area contributed by atoms with Crippen LogP contribution in [0.1, 0.15) is 65.1 Å². The van der Waals surface area contributed by atoms with Crippen LogP contribution in [0.15, 0.2) is 97.6 Å². The van der Waals surface area contributed by atoms with E-state index in [-0.39, 0.29) is 23.6 Å². The predicted molar refractivity (Wildman–Crippen MR) is 170 cm³/mol. The zero-order chi connectivity index (χ0) is 30.6. The smallest absolute Gasteiger partial charge is 0.336 e. The Hall–Kier alpha value is -4.84. The monoisotopic (exact) mass is 562 g/mol. The van der Waals surface area contributed by atoms with Gasteiger partial charge < -0.3 is 19.7 Å². The van der Waals surface area contributed by atoms with Crippen LogP contribution in [0.5, 0.6) is 5.75 Å². The maximum atomic E-state index is 13.2. The van der Waals surface area contributed by atoms with Gasteiger partial charge in [-0.1, -0.05) is 55.6 Å². The Morgan fingerprint density at radius 2 is 1.69 bits per heavy atom. The number of ether oxygens (including phenoxy) is 1. The van der Waals surface area contributed by atoms with Crippen molar-refractivity contribution < 1.29 is 19.4 Å². The van der Waals surface area contributed by atoms with Crippen LogP contribution in [0, 0.1) is 13.8 Å². The molecule has 1 heterocycles. The second-order valence-electron chi connectivity index (χ2n) is 10.8. The molecule has 216 valence electrons. The summed E-state index contributed by atoms with van der Waals surface area (Å²) in [6.07, 6.45) is 2.97. The van der Waals surface area contributed by atoms with E-state index in [0.717, 1.165) is 44.6 Å². The van der Waals surface area contributed by atoms with Crippen molar-refractivity contribution in [3.05, 3.63) is 131 Å². The number of hydrogen-bond acceptors (Lipinski definition) is 3. The Labute approximate surface area is 247 Å². The van der Waals surface area contributed by atoms with Gasteiger partial charge >= 0.3 is 5.97 Å². The summed E-state index contributed by atoms with van der Waals surface area (Å²) >= 11 is 0. The lowest BCUT2D eigenvalue weighted by atomic mass is 9.98. The summed E-state index contributed by atoms with van der Waals surface area (Å²) < 4.78 is 8.04. The van der Waals surface area contributed by atoms with Crippen LogP contribution in [0.2, 0.25) is 0 Å². The van der Waals surface area contributed by atoms with Gasteiger partial charge in [-0.15, -0.1) is 0 Å². The molecule has 1 aromatic heterocycles. The van der Waals surface area contributed by atoms with Crippen molar-refractivity contribution in [2.24, 2.45) is 0 Å². The summed E-state index contributed by atoms with van der Waals surface area (Å²) in [5.74, 6) is -0.389. The summed E-state index contributed by atoms with van der Waals surface area (Å²) in [7, 11) is 0. The molecule has 0 spiro atoms. The fourth-order valence-corrected chi connectivity index (χ4v) is 5.06. The fourth-order valence-electron chi connectivity index (χ4n) is 5.06. The number of carboxylic acids is 1. The largest absolute Gasteiger partial charge is 0.491 e. The van der Waals surface area contributed by atoms with Crippen molar-refractivity contribution in [2.75, 3.05) is 0 Å². The van der Waals surface area contributed by atoms with E-state index in [4.69, 9.17) is 4.74 Å². The van der Waals surface area contributed by atoms with Gasteiger partial charge in [0.1, 0.15) is 5.75 Å². The molecule has 1 unspecified atom stereocenters. The number of nitrogens with zero attached hydrogens (tertiary/aromatic N) is 1. The number of carbonyl (C=O) groups is 2. The first kappa shape index (κ1) is 30.1. The lowest BCUT2D eigenvalue weighted by Gasteiger charge is -2.17. The molecule has 0 aliphatic rings. The Morgan fingerprint density at radius 3 is 2.33 bits per heavy atom. The van der Waals surface area contributed by atoms with E-state index in [2.05, 4.69) is 36.9 Å². The van der Waals surface area contributed by atoms with Gasteiger partial charge in [0.2, 0.25) is 0 Å². The van der Waals surface area contributed by atoms with Crippen LogP contribution in [0.25, 0.3) is 16.5 Å². The number of carbonyl (C=O) groups excluding carboxylic acids is 1. The average molecular weight is 563 g/mol. The van der Waals surface area contributed by atoms with Gasteiger partial charge in [0.25, 0.3) is 5.91 Å². The second kappa shape index (κ2) is 12.8. The number of nitrogens with one attached hydrogen (secondary N) is 1. The Morgan fingerprint density at radius 1 is 1.00 bits per heavy atom. The zero-order valence-corrected chi connectivity index (χ0v) is 24.9. The van der Waals surface area contributed by atoms with Crippen LogP contribution < -0.4 is 10.1 Å². The molecule has 1 amide bonds. The third-order valence-corrected chi connectivity index (χ3v) is 7.46. The molecule has 0 saturated carbocycles. The number of aryl methyl sites for hydroxylation is 1. The minimum absolute atomic E-state index is 0.0760. The van der Waals surface area contributed by atoms with Gasteiger partial charge in [-0.2, -0.15) is 0 Å². The molecule has 0 bridgehead atoms. The van der Waals surface area contributed by atoms with Crippen molar-refractivity contribution in [3.8, 4) is 5.75 Å². The SMILES string of the molecule is C=CC=C(C(=C)c1ccc(Cn2c(C)c(C)c3cc(C(=O)NC(C)c4cccc(OC(C)C)c4)ccc32)cc1)C(=O)O. The molecular weight excluding hydrogens is 524 g/mol. The van der Waals surface area contributed by atoms with Crippen LogP contribution >= 0.6 is 0 Å². The third kappa shape index (κ3) is 6.55. The van der Waals surface area contributed by atoms with Crippen molar-refractivity contribution in [3.63, 3.8) is 0 Å². The van der Waals surface area contributed by atoms with Crippen molar-refractivity contribution in [2.45, 2.75) is 53.3 Å². The lowest BCUT2D eigenvalue weighted by molar-refractivity contribution is -0.132. The van der Waals surface area contributed by atoms with E-state index in [9.17, 15) is 14.7 Å². The minimum atomic E-state index is -1.04. The predicted octanol–water partition coefficient (Wildman–Crippen LogP) is 7.79. The first-order valence-corrected chi connectivity index (χ1v) is 14.0. The first-order chi connectivity index (χ1) is 20.0. The van der Waals surface area contributed by atoms with Crippen molar-refractivity contribution >= 4 is 28.4 Å². The quantitative estimate of drug-likeness (QED) is 0.144.